The van der Waals surface area contributed by atoms with Gasteiger partial charge in [-0.15, -0.1) is 9.81 Å². The number of azo groups is 2. The van der Waals surface area contributed by atoms with Crippen molar-refractivity contribution in [3.8, 4) is 0 Å². The fraction of sp³-hybridized carbons (Fsp3) is 0.250. The number of nitrogens with zero attached hydrogens (tertiary/aromatic N) is 6. The van der Waals surface area contributed by atoms with Crippen LogP contribution in [0.1, 0.15) is 0 Å². The third kappa shape index (κ3) is 2.87. The lowest BCUT2D eigenvalue weighted by atomic mass is 10.2. The second-order valence-electron chi connectivity index (χ2n) is 2.86. The minimum atomic E-state index is 0.139. The van der Waals surface area contributed by atoms with Gasteiger partial charge >= 0.3 is 0 Å². The summed E-state index contributed by atoms with van der Waals surface area (Å²) in [5.74, 6) is 0. The van der Waals surface area contributed by atoms with Gasteiger partial charge in [0.25, 0.3) is 0 Å². The van der Waals surface area contributed by atoms with E-state index in [-0.39, 0.29) is 17.1 Å². The van der Waals surface area contributed by atoms with E-state index in [1.165, 1.54) is 20.2 Å². The molecule has 10 heteroatoms. The summed E-state index contributed by atoms with van der Waals surface area (Å²) in [5, 5.41) is 19.9. The second kappa shape index (κ2) is 6.73. The smallest absolute Gasteiger partial charge is 0.140 e. The van der Waals surface area contributed by atoms with Crippen molar-refractivity contribution in [1.29, 1.82) is 0 Å². The van der Waals surface area contributed by atoms with Gasteiger partial charge in [-0.1, -0.05) is 0 Å². The summed E-state index contributed by atoms with van der Waals surface area (Å²) < 4.78 is 0. The van der Waals surface area contributed by atoms with Crippen LogP contribution in [0.2, 0.25) is 0 Å². The molecule has 0 aromatic heterocycles. The van der Waals surface area contributed by atoms with Crippen molar-refractivity contribution in [3.63, 3.8) is 0 Å². The first-order valence-corrected chi connectivity index (χ1v) is 4.71. The Hall–Kier alpha value is -2.78. The van der Waals surface area contributed by atoms with Gasteiger partial charge in [0.2, 0.25) is 0 Å². The molecule has 18 heavy (non-hydrogen) atoms. The summed E-state index contributed by atoms with van der Waals surface area (Å²) in [7, 11) is 2.93. The van der Waals surface area contributed by atoms with Gasteiger partial charge in [-0.3, -0.25) is 0 Å². The third-order valence-corrected chi connectivity index (χ3v) is 1.89. The maximum Gasteiger partial charge on any atom is 0.140 e. The Balaban J connectivity index is 3.46. The SMILES string of the molecule is CN=Nc1ccc(NN=O)c(NN=O)c1N=NC. The molecule has 94 valence electrons. The van der Waals surface area contributed by atoms with E-state index in [9.17, 15) is 9.81 Å². The first-order chi connectivity index (χ1) is 8.78. The lowest BCUT2D eigenvalue weighted by Gasteiger charge is -2.09. The van der Waals surface area contributed by atoms with Gasteiger partial charge in [0.05, 0.1) is 16.3 Å². The number of rotatable bonds is 6. The van der Waals surface area contributed by atoms with Gasteiger partial charge in [0.15, 0.2) is 0 Å². The van der Waals surface area contributed by atoms with Gasteiger partial charge in [-0.25, -0.2) is 10.9 Å². The van der Waals surface area contributed by atoms with E-state index in [0.717, 1.165) is 0 Å². The Kier molecular flexibility index (Phi) is 4.97. The van der Waals surface area contributed by atoms with E-state index < -0.39 is 0 Å². The number of anilines is 2. The molecular formula is C8H10N8O2. The molecule has 1 aromatic carbocycles. The Labute approximate surface area is 101 Å². The number of hydrogen-bond acceptors (Lipinski definition) is 8. The summed E-state index contributed by atoms with van der Waals surface area (Å²) in [6.07, 6.45) is 0. The van der Waals surface area contributed by atoms with E-state index in [2.05, 4.69) is 41.9 Å². The van der Waals surface area contributed by atoms with Gasteiger partial charge in [0, 0.05) is 14.1 Å². The molecule has 0 unspecified atom stereocenters. The maximum atomic E-state index is 10.3. The van der Waals surface area contributed by atoms with Gasteiger partial charge in [-0.2, -0.15) is 20.5 Å². The van der Waals surface area contributed by atoms with Crippen LogP contribution in [0.5, 0.6) is 0 Å². The van der Waals surface area contributed by atoms with Crippen LogP contribution in [0.3, 0.4) is 0 Å². The molecule has 0 amide bonds. The lowest BCUT2D eigenvalue weighted by molar-refractivity contribution is 1.12. The molecule has 0 saturated heterocycles. The molecule has 0 aliphatic carbocycles. The zero-order chi connectivity index (χ0) is 13.4. The summed E-state index contributed by atoms with van der Waals surface area (Å²) in [6, 6.07) is 3.02. The number of benzene rings is 1. The van der Waals surface area contributed by atoms with Crippen molar-refractivity contribution >= 4 is 22.7 Å². The van der Waals surface area contributed by atoms with Crippen molar-refractivity contribution in [2.45, 2.75) is 0 Å². The molecule has 0 radical (unpaired) electrons. The van der Waals surface area contributed by atoms with Crippen LogP contribution in [0, 0.1) is 9.81 Å². The van der Waals surface area contributed by atoms with Crippen molar-refractivity contribution in [1.82, 2.24) is 0 Å². The minimum absolute atomic E-state index is 0.139. The Bertz CT molecular complexity index is 498. The van der Waals surface area contributed by atoms with Crippen LogP contribution in [-0.4, -0.2) is 14.1 Å². The number of hydrogen-bond donors (Lipinski definition) is 2. The molecule has 0 spiro atoms. The molecule has 0 saturated carbocycles. The van der Waals surface area contributed by atoms with Crippen LogP contribution in [0.15, 0.2) is 43.2 Å². The van der Waals surface area contributed by atoms with Gasteiger partial charge < -0.3 is 0 Å². The molecule has 0 atom stereocenters. The van der Waals surface area contributed by atoms with Crippen LogP contribution in [0.4, 0.5) is 22.7 Å². The molecule has 1 rings (SSSR count). The van der Waals surface area contributed by atoms with Gasteiger partial charge in [0.1, 0.15) is 17.1 Å². The molecule has 0 heterocycles. The fourth-order valence-corrected chi connectivity index (χ4v) is 1.27. The predicted octanol–water partition coefficient (Wildman–Crippen LogP) is 3.30. The van der Waals surface area contributed by atoms with E-state index in [4.69, 9.17) is 0 Å². The molecule has 0 bridgehead atoms. The molecule has 1 aromatic rings. The third-order valence-electron chi connectivity index (χ3n) is 1.89. The molecular weight excluding hydrogens is 240 g/mol. The molecule has 0 fully saturated rings. The van der Waals surface area contributed by atoms with Crippen molar-refractivity contribution in [2.75, 3.05) is 24.9 Å². The number of nitrogens with one attached hydrogen (secondary N) is 2. The standard InChI is InChI=1S/C8H10N8O2/c1-9-11-5-3-4-6(12-15-17)8(14-16-18)7(5)13-10-2/h3-4H,1-2H3,(H,12,17)(H,14,18). The highest BCUT2D eigenvalue weighted by atomic mass is 16.3. The summed E-state index contributed by atoms with van der Waals surface area (Å²) >= 11 is 0. The van der Waals surface area contributed by atoms with E-state index in [1.807, 2.05) is 0 Å². The highest BCUT2D eigenvalue weighted by molar-refractivity contribution is 5.87. The topological polar surface area (TPSA) is 132 Å². The summed E-state index contributed by atoms with van der Waals surface area (Å²) in [5.41, 5.74) is 5.28. The van der Waals surface area contributed by atoms with Crippen LogP contribution >= 0.6 is 0 Å². The number of nitroso groups, excluding NO2 is 2. The van der Waals surface area contributed by atoms with E-state index >= 15 is 0 Å². The van der Waals surface area contributed by atoms with Gasteiger partial charge in [-0.05, 0) is 12.1 Å². The molecule has 0 aliphatic heterocycles. The lowest BCUT2D eigenvalue weighted by Crippen LogP contribution is -1.95. The zero-order valence-electron chi connectivity index (χ0n) is 9.65. The monoisotopic (exact) mass is 250 g/mol. The molecule has 0 aliphatic rings. The van der Waals surface area contributed by atoms with E-state index in [1.54, 1.807) is 6.07 Å². The minimum Gasteiger partial charge on any atom is -0.240 e. The Morgan fingerprint density at radius 3 is 2.17 bits per heavy atom. The highest BCUT2D eigenvalue weighted by Gasteiger charge is 2.14. The largest absolute Gasteiger partial charge is 0.240 e. The molecule has 10 nitrogen and oxygen atoms in total. The Morgan fingerprint density at radius 2 is 1.61 bits per heavy atom. The van der Waals surface area contributed by atoms with Crippen molar-refractivity contribution in [2.24, 2.45) is 31.0 Å². The normalized spacial score (nSPS) is 10.8. The Morgan fingerprint density at radius 1 is 0.944 bits per heavy atom. The first-order valence-electron chi connectivity index (χ1n) is 4.71. The second-order valence-corrected chi connectivity index (χ2v) is 2.86. The quantitative estimate of drug-likeness (QED) is 0.455. The van der Waals surface area contributed by atoms with Crippen molar-refractivity contribution < 1.29 is 0 Å². The summed E-state index contributed by atoms with van der Waals surface area (Å²) in [4.78, 5) is 20.5. The maximum absolute atomic E-state index is 10.3. The predicted molar refractivity (Wildman–Crippen MR) is 66.2 cm³/mol. The summed E-state index contributed by atoms with van der Waals surface area (Å²) in [6.45, 7) is 0. The highest BCUT2D eigenvalue weighted by Crippen LogP contribution is 2.41. The van der Waals surface area contributed by atoms with Crippen LogP contribution in [0.25, 0.3) is 0 Å². The van der Waals surface area contributed by atoms with Crippen LogP contribution in [-0.2, 0) is 0 Å². The van der Waals surface area contributed by atoms with E-state index in [0.29, 0.717) is 5.69 Å². The molecule has 2 N–H and O–H groups in total. The average molecular weight is 250 g/mol. The van der Waals surface area contributed by atoms with Crippen LogP contribution < -0.4 is 10.9 Å². The average Bonchev–Trinajstić information content (AvgIpc) is 2.37. The zero-order valence-corrected chi connectivity index (χ0v) is 9.65. The first kappa shape index (κ1) is 13.3. The van der Waals surface area contributed by atoms with Crippen molar-refractivity contribution in [3.05, 3.63) is 21.9 Å². The fourth-order valence-electron chi connectivity index (χ4n) is 1.27.